The van der Waals surface area contributed by atoms with Gasteiger partial charge in [-0.2, -0.15) is 0 Å². The van der Waals surface area contributed by atoms with Gasteiger partial charge < -0.3 is 19.5 Å². The number of benzene rings is 3. The summed E-state index contributed by atoms with van der Waals surface area (Å²) in [6.45, 7) is 3.32. The highest BCUT2D eigenvalue weighted by atomic mass is 35.5. The van der Waals surface area contributed by atoms with Gasteiger partial charge in [0.05, 0.1) is 20.8 Å². The number of ether oxygens (including phenoxy) is 3. The van der Waals surface area contributed by atoms with Crippen molar-refractivity contribution in [3.63, 3.8) is 0 Å². The third-order valence-corrected chi connectivity index (χ3v) is 8.85. The van der Waals surface area contributed by atoms with Gasteiger partial charge in [-0.1, -0.05) is 54.4 Å². The fraction of sp³-hybridized carbons (Fsp3) is 0.382. The number of anilines is 1. The van der Waals surface area contributed by atoms with Crippen molar-refractivity contribution < 1.29 is 23.4 Å². The van der Waals surface area contributed by atoms with E-state index in [1.807, 2.05) is 48.5 Å². The Morgan fingerprint density at radius 3 is 2.46 bits per heavy atom. The van der Waals surface area contributed by atoms with Crippen molar-refractivity contribution in [3.05, 3.63) is 99.8 Å². The molecular formula is C34H37ClFNO4. The third-order valence-electron chi connectivity index (χ3n) is 8.62. The summed E-state index contributed by atoms with van der Waals surface area (Å²) in [5, 5.41) is 4.05. The zero-order valence-electron chi connectivity index (χ0n) is 23.8. The molecule has 216 valence electrons. The van der Waals surface area contributed by atoms with Crippen molar-refractivity contribution in [2.75, 3.05) is 26.1 Å². The molecule has 5 nitrogen and oxygen atoms in total. The molecule has 0 unspecified atom stereocenters. The van der Waals surface area contributed by atoms with Crippen LogP contribution in [0.3, 0.4) is 0 Å². The van der Waals surface area contributed by atoms with Crippen molar-refractivity contribution in [2.45, 2.75) is 56.6 Å². The lowest BCUT2D eigenvalue weighted by molar-refractivity contribution is -0.147. The summed E-state index contributed by atoms with van der Waals surface area (Å²) in [7, 11) is 3.08. The molecule has 0 radical (unpaired) electrons. The molecule has 41 heavy (non-hydrogen) atoms. The highest BCUT2D eigenvalue weighted by Crippen LogP contribution is 2.55. The van der Waals surface area contributed by atoms with Crippen LogP contribution in [0.25, 0.3) is 6.08 Å². The Bertz CT molecular complexity index is 1410. The Balaban J connectivity index is 1.33. The number of hydrogen-bond acceptors (Lipinski definition) is 5. The maximum absolute atomic E-state index is 14.6. The molecule has 1 atom stereocenters. The van der Waals surface area contributed by atoms with E-state index in [1.165, 1.54) is 18.7 Å². The summed E-state index contributed by atoms with van der Waals surface area (Å²) in [4.78, 5) is 13.2. The Morgan fingerprint density at radius 2 is 1.78 bits per heavy atom. The van der Waals surface area contributed by atoms with Crippen molar-refractivity contribution in [1.29, 1.82) is 0 Å². The average Bonchev–Trinajstić information content (AvgIpc) is 3.25. The normalized spacial score (nSPS) is 22.1. The van der Waals surface area contributed by atoms with Gasteiger partial charge in [-0.05, 0) is 97.2 Å². The lowest BCUT2D eigenvalue weighted by atomic mass is 9.61. The van der Waals surface area contributed by atoms with Crippen molar-refractivity contribution in [1.82, 2.24) is 0 Å². The van der Waals surface area contributed by atoms with E-state index in [1.54, 1.807) is 19.2 Å². The van der Waals surface area contributed by atoms with Crippen LogP contribution in [0.5, 0.6) is 5.75 Å². The largest absolute Gasteiger partial charge is 0.497 e. The minimum Gasteiger partial charge on any atom is -0.497 e. The second-order valence-electron chi connectivity index (χ2n) is 11.4. The van der Waals surface area contributed by atoms with Crippen LogP contribution in [-0.2, 0) is 26.3 Å². The third kappa shape index (κ3) is 6.14. The van der Waals surface area contributed by atoms with E-state index < -0.39 is 5.54 Å². The van der Waals surface area contributed by atoms with Gasteiger partial charge in [0.15, 0.2) is 0 Å². The minimum atomic E-state index is -0.890. The molecule has 0 bridgehead atoms. The number of nitrogens with one attached hydrogen (secondary N) is 1. The smallest absolute Gasteiger partial charge is 0.331 e. The molecule has 0 aliphatic heterocycles. The van der Waals surface area contributed by atoms with Gasteiger partial charge in [0.1, 0.15) is 17.1 Å². The molecule has 0 heterocycles. The molecule has 3 aromatic rings. The van der Waals surface area contributed by atoms with E-state index in [2.05, 4.69) is 18.3 Å². The number of esters is 1. The number of hydrogen-bond donors (Lipinski definition) is 1. The summed E-state index contributed by atoms with van der Waals surface area (Å²) in [5.74, 6) is 0.543. The molecule has 2 aliphatic rings. The van der Waals surface area contributed by atoms with Crippen LogP contribution in [0, 0.1) is 11.7 Å². The maximum Gasteiger partial charge on any atom is 0.331 e. The first kappa shape index (κ1) is 29.2. The Hall–Kier alpha value is -3.35. The molecule has 0 amide bonds. The molecule has 0 saturated heterocycles. The zero-order valence-corrected chi connectivity index (χ0v) is 24.6. The Kier molecular flexibility index (Phi) is 8.71. The van der Waals surface area contributed by atoms with E-state index in [0.717, 1.165) is 34.5 Å². The van der Waals surface area contributed by atoms with E-state index in [0.29, 0.717) is 43.9 Å². The number of methoxy groups -OCH3 is 2. The first-order valence-electron chi connectivity index (χ1n) is 14.1. The van der Waals surface area contributed by atoms with E-state index in [-0.39, 0.29) is 23.1 Å². The van der Waals surface area contributed by atoms with Crippen LogP contribution < -0.4 is 10.1 Å². The number of carbonyl (C=O) groups excluding carboxylic acids is 1. The molecule has 3 aromatic carbocycles. The topological polar surface area (TPSA) is 56.8 Å². The van der Waals surface area contributed by atoms with Crippen molar-refractivity contribution >= 4 is 29.3 Å². The fourth-order valence-corrected chi connectivity index (χ4v) is 6.66. The van der Waals surface area contributed by atoms with Gasteiger partial charge in [0.2, 0.25) is 0 Å². The van der Waals surface area contributed by atoms with Crippen molar-refractivity contribution in [2.24, 2.45) is 5.92 Å². The SMILES string of the molecule is COC(=O)C1(Nc2cccc(Cl)c2)CCC2(CC1)C(C[C@@H](C)COCc1ccc(OC)cc1)=Cc1ccc(F)cc12. The first-order valence-corrected chi connectivity index (χ1v) is 14.5. The summed E-state index contributed by atoms with van der Waals surface area (Å²) >= 11 is 6.23. The van der Waals surface area contributed by atoms with Crippen LogP contribution >= 0.6 is 11.6 Å². The number of carbonyl (C=O) groups is 1. The summed E-state index contributed by atoms with van der Waals surface area (Å²) in [6.07, 6.45) is 5.52. The van der Waals surface area contributed by atoms with E-state index in [4.69, 9.17) is 25.8 Å². The molecular weight excluding hydrogens is 541 g/mol. The number of rotatable bonds is 10. The second kappa shape index (κ2) is 12.3. The quantitative estimate of drug-likeness (QED) is 0.248. The van der Waals surface area contributed by atoms with E-state index in [9.17, 15) is 9.18 Å². The Morgan fingerprint density at radius 1 is 1.02 bits per heavy atom. The van der Waals surface area contributed by atoms with Crippen LogP contribution in [-0.4, -0.2) is 32.3 Å². The van der Waals surface area contributed by atoms with Crippen LogP contribution in [0.2, 0.25) is 5.02 Å². The van der Waals surface area contributed by atoms with E-state index >= 15 is 0 Å². The summed E-state index contributed by atoms with van der Waals surface area (Å²) < 4.78 is 31.2. The first-order chi connectivity index (χ1) is 19.8. The number of allylic oxidation sites excluding steroid dienone is 1. The van der Waals surface area contributed by atoms with Crippen LogP contribution in [0.4, 0.5) is 10.1 Å². The second-order valence-corrected chi connectivity index (χ2v) is 11.8. The number of halogens is 2. The molecule has 1 spiro atoms. The highest BCUT2D eigenvalue weighted by molar-refractivity contribution is 6.30. The summed E-state index contributed by atoms with van der Waals surface area (Å²) in [6, 6.07) is 20.3. The number of fused-ring (bicyclic) bond motifs is 2. The van der Waals surface area contributed by atoms with Gasteiger partial charge in [-0.25, -0.2) is 9.18 Å². The molecule has 5 rings (SSSR count). The van der Waals surface area contributed by atoms with Gasteiger partial charge in [-0.15, -0.1) is 0 Å². The molecule has 1 N–H and O–H groups in total. The van der Waals surface area contributed by atoms with Crippen LogP contribution in [0.15, 0.2) is 72.3 Å². The maximum atomic E-state index is 14.6. The minimum absolute atomic E-state index is 0.240. The molecule has 0 aromatic heterocycles. The molecule has 7 heteroatoms. The lowest BCUT2D eigenvalue weighted by Gasteiger charge is -2.46. The van der Waals surface area contributed by atoms with Crippen LogP contribution in [0.1, 0.15) is 55.7 Å². The van der Waals surface area contributed by atoms with Gasteiger partial charge in [0.25, 0.3) is 0 Å². The standard InChI is InChI=1S/C34H37ClFNO4/c1-23(21-41-22-24-7-11-30(39-2)12-8-24)17-26-18-25-9-10-28(36)20-31(25)33(26)13-15-34(16-14-33,32(38)40-3)37-29-6-4-5-27(35)19-29/h4-12,18-20,23,37H,13-17,21-22H2,1-3H3/t23-,33?,34?/m1/s1. The molecule has 2 aliphatic carbocycles. The average molecular weight is 578 g/mol. The predicted octanol–water partition coefficient (Wildman–Crippen LogP) is 7.96. The monoisotopic (exact) mass is 577 g/mol. The molecule has 1 fully saturated rings. The Labute approximate surface area is 246 Å². The van der Waals surface area contributed by atoms with Gasteiger partial charge in [-0.3, -0.25) is 0 Å². The predicted molar refractivity (Wildman–Crippen MR) is 161 cm³/mol. The lowest BCUT2D eigenvalue weighted by Crippen LogP contribution is -2.52. The van der Waals surface area contributed by atoms with Crippen molar-refractivity contribution in [3.8, 4) is 5.75 Å². The molecule has 1 saturated carbocycles. The fourth-order valence-electron chi connectivity index (χ4n) is 6.47. The highest BCUT2D eigenvalue weighted by Gasteiger charge is 2.52. The summed E-state index contributed by atoms with van der Waals surface area (Å²) in [5.41, 5.74) is 3.99. The van der Waals surface area contributed by atoms with Gasteiger partial charge >= 0.3 is 5.97 Å². The zero-order chi connectivity index (χ0) is 29.0. The van der Waals surface area contributed by atoms with Gasteiger partial charge in [0, 0.05) is 22.7 Å².